The number of ether oxygens (including phenoxy) is 1. The molecule has 2 saturated heterocycles. The minimum absolute atomic E-state index is 0.0864. The van der Waals surface area contributed by atoms with E-state index in [1.165, 1.54) is 29.2 Å². The molecule has 1 amide bonds. The predicted molar refractivity (Wildman–Crippen MR) is 113 cm³/mol. The van der Waals surface area contributed by atoms with Gasteiger partial charge in [0, 0.05) is 35.9 Å². The Hall–Kier alpha value is -3.23. The molecule has 2 heterocycles. The Labute approximate surface area is 182 Å². The van der Waals surface area contributed by atoms with Crippen LogP contribution in [0.4, 0.5) is 5.69 Å². The summed E-state index contributed by atoms with van der Waals surface area (Å²) in [5, 5.41) is 22.6. The second kappa shape index (κ2) is 8.49. The highest BCUT2D eigenvalue weighted by atomic mass is 35.5. The fraction of sp³-hybridized carbons (Fsp3) is 0.273. The van der Waals surface area contributed by atoms with Crippen molar-refractivity contribution < 1.29 is 24.4 Å². The zero-order valence-electron chi connectivity index (χ0n) is 16.4. The van der Waals surface area contributed by atoms with Crippen molar-refractivity contribution in [2.45, 2.75) is 25.0 Å². The molecule has 160 valence electrons. The van der Waals surface area contributed by atoms with Gasteiger partial charge in [-0.2, -0.15) is 0 Å². The molecule has 2 unspecified atom stereocenters. The Morgan fingerprint density at radius 3 is 2.61 bits per heavy atom. The molecule has 0 aromatic heterocycles. The molecule has 0 saturated carbocycles. The molecule has 9 heteroatoms. The largest absolute Gasteiger partial charge is 0.507 e. The van der Waals surface area contributed by atoms with Gasteiger partial charge in [0.05, 0.1) is 22.6 Å². The van der Waals surface area contributed by atoms with Crippen LogP contribution in [0.25, 0.3) is 5.76 Å². The summed E-state index contributed by atoms with van der Waals surface area (Å²) < 4.78 is 5.64. The van der Waals surface area contributed by atoms with Crippen molar-refractivity contribution in [3.8, 4) is 0 Å². The first-order valence-corrected chi connectivity index (χ1v) is 10.1. The van der Waals surface area contributed by atoms with E-state index in [1.54, 1.807) is 24.3 Å². The molecule has 2 aliphatic rings. The van der Waals surface area contributed by atoms with E-state index in [4.69, 9.17) is 16.3 Å². The Balaban J connectivity index is 1.83. The SMILES string of the molecule is O=C1C(=O)N(CC2CCCO2)C(c2ccc(Cl)cc2)/C1=C(/O)c1cccc([N+](=O)[O-])c1. The number of nitro groups is 1. The van der Waals surface area contributed by atoms with E-state index in [1.807, 2.05) is 0 Å². The van der Waals surface area contributed by atoms with Gasteiger partial charge in [0.1, 0.15) is 5.76 Å². The number of rotatable bonds is 5. The molecule has 1 N–H and O–H groups in total. The van der Waals surface area contributed by atoms with Crippen molar-refractivity contribution in [3.63, 3.8) is 0 Å². The number of halogens is 1. The number of non-ortho nitro benzene ring substituents is 1. The van der Waals surface area contributed by atoms with Crippen LogP contribution >= 0.6 is 11.6 Å². The van der Waals surface area contributed by atoms with E-state index in [-0.39, 0.29) is 29.5 Å². The molecule has 2 atom stereocenters. The van der Waals surface area contributed by atoms with E-state index in [9.17, 15) is 24.8 Å². The molecule has 2 aromatic rings. The highest BCUT2D eigenvalue weighted by Gasteiger charge is 2.47. The summed E-state index contributed by atoms with van der Waals surface area (Å²) in [7, 11) is 0. The molecular weight excluding hydrogens is 424 g/mol. The first kappa shape index (κ1) is 21.0. The molecule has 0 bridgehead atoms. The fourth-order valence-corrected chi connectivity index (χ4v) is 4.12. The van der Waals surface area contributed by atoms with E-state index in [2.05, 4.69) is 0 Å². The monoisotopic (exact) mass is 442 g/mol. The van der Waals surface area contributed by atoms with Crippen LogP contribution in [0.5, 0.6) is 0 Å². The standard InChI is InChI=1S/C22H19ClN2O6/c23-15-8-6-13(7-9-15)19-18(20(26)14-3-1-4-16(11-14)25(29)30)21(27)22(28)24(19)12-17-5-2-10-31-17/h1,3-4,6-9,11,17,19,26H,2,5,10,12H2/b20-18-. The average Bonchev–Trinajstić information content (AvgIpc) is 3.36. The van der Waals surface area contributed by atoms with Crippen molar-refractivity contribution in [2.75, 3.05) is 13.2 Å². The average molecular weight is 443 g/mol. The Kier molecular flexibility index (Phi) is 5.75. The van der Waals surface area contributed by atoms with Crippen molar-refractivity contribution in [3.05, 3.63) is 80.4 Å². The van der Waals surface area contributed by atoms with Gasteiger partial charge in [0.15, 0.2) is 0 Å². The van der Waals surface area contributed by atoms with Gasteiger partial charge in [0.2, 0.25) is 0 Å². The van der Waals surface area contributed by atoms with Gasteiger partial charge in [-0.15, -0.1) is 0 Å². The minimum atomic E-state index is -0.860. The van der Waals surface area contributed by atoms with Crippen LogP contribution in [0.3, 0.4) is 0 Å². The number of benzene rings is 2. The third-order valence-corrected chi connectivity index (χ3v) is 5.73. The van der Waals surface area contributed by atoms with E-state index in [0.717, 1.165) is 12.8 Å². The lowest BCUT2D eigenvalue weighted by Crippen LogP contribution is -2.36. The lowest BCUT2D eigenvalue weighted by Gasteiger charge is -2.27. The van der Waals surface area contributed by atoms with Crippen LogP contribution in [0, 0.1) is 10.1 Å². The van der Waals surface area contributed by atoms with Crippen LogP contribution < -0.4 is 0 Å². The molecular formula is C22H19ClN2O6. The van der Waals surface area contributed by atoms with Gasteiger partial charge < -0.3 is 14.7 Å². The molecule has 2 aliphatic heterocycles. The number of Topliss-reactive ketones (excluding diaryl/α,β-unsaturated/α-hetero) is 1. The van der Waals surface area contributed by atoms with Gasteiger partial charge >= 0.3 is 0 Å². The normalized spacial score (nSPS) is 22.8. The first-order valence-electron chi connectivity index (χ1n) is 9.77. The van der Waals surface area contributed by atoms with Gasteiger partial charge in [-0.05, 0) is 30.5 Å². The topological polar surface area (TPSA) is 110 Å². The van der Waals surface area contributed by atoms with Gasteiger partial charge in [0.25, 0.3) is 17.4 Å². The Morgan fingerprint density at radius 1 is 1.23 bits per heavy atom. The number of nitrogens with zero attached hydrogens (tertiary/aromatic N) is 2. The van der Waals surface area contributed by atoms with E-state index >= 15 is 0 Å². The van der Waals surface area contributed by atoms with Gasteiger partial charge in [-0.25, -0.2) is 0 Å². The lowest BCUT2D eigenvalue weighted by molar-refractivity contribution is -0.384. The predicted octanol–water partition coefficient (Wildman–Crippen LogP) is 3.85. The number of nitro benzene ring substituents is 1. The summed E-state index contributed by atoms with van der Waals surface area (Å²) in [6.07, 6.45) is 1.43. The van der Waals surface area contributed by atoms with Crippen molar-refractivity contribution in [1.82, 2.24) is 4.90 Å². The number of hydrogen-bond acceptors (Lipinski definition) is 6. The summed E-state index contributed by atoms with van der Waals surface area (Å²) in [6.45, 7) is 0.789. The van der Waals surface area contributed by atoms with Gasteiger partial charge in [-0.3, -0.25) is 19.7 Å². The Bertz CT molecular complexity index is 1080. The number of aliphatic hydroxyl groups excluding tert-OH is 1. The molecule has 2 fully saturated rings. The van der Waals surface area contributed by atoms with Crippen LogP contribution in [-0.2, 0) is 14.3 Å². The molecule has 4 rings (SSSR count). The molecule has 8 nitrogen and oxygen atoms in total. The zero-order valence-corrected chi connectivity index (χ0v) is 17.1. The summed E-state index contributed by atoms with van der Waals surface area (Å²) in [4.78, 5) is 37.8. The van der Waals surface area contributed by atoms with Crippen LogP contribution in [0.15, 0.2) is 54.1 Å². The number of likely N-dealkylation sites (tertiary alicyclic amines) is 1. The highest BCUT2D eigenvalue weighted by Crippen LogP contribution is 2.40. The van der Waals surface area contributed by atoms with Crippen molar-refractivity contribution >= 4 is 34.7 Å². The number of aliphatic hydroxyl groups is 1. The summed E-state index contributed by atoms with van der Waals surface area (Å²) in [5.41, 5.74) is 0.323. The maximum absolute atomic E-state index is 13.0. The second-order valence-electron chi connectivity index (χ2n) is 7.45. The number of ketones is 1. The molecule has 0 radical (unpaired) electrons. The van der Waals surface area contributed by atoms with Crippen LogP contribution in [0.1, 0.15) is 30.0 Å². The lowest BCUT2D eigenvalue weighted by atomic mass is 9.95. The zero-order chi connectivity index (χ0) is 22.1. The number of carbonyl (C=O) groups excluding carboxylic acids is 2. The van der Waals surface area contributed by atoms with Crippen LogP contribution in [0.2, 0.25) is 5.02 Å². The second-order valence-corrected chi connectivity index (χ2v) is 7.88. The van der Waals surface area contributed by atoms with Crippen molar-refractivity contribution in [2.24, 2.45) is 0 Å². The van der Waals surface area contributed by atoms with Crippen LogP contribution in [-0.4, -0.2) is 45.9 Å². The molecule has 2 aromatic carbocycles. The minimum Gasteiger partial charge on any atom is -0.507 e. The third-order valence-electron chi connectivity index (χ3n) is 5.48. The van der Waals surface area contributed by atoms with Crippen molar-refractivity contribution in [1.29, 1.82) is 0 Å². The smallest absolute Gasteiger partial charge is 0.295 e. The van der Waals surface area contributed by atoms with Gasteiger partial charge in [-0.1, -0.05) is 35.9 Å². The maximum atomic E-state index is 13.0. The van der Waals surface area contributed by atoms with E-state index in [0.29, 0.717) is 17.2 Å². The molecule has 0 aliphatic carbocycles. The number of amides is 1. The fourth-order valence-electron chi connectivity index (χ4n) is 3.99. The first-order chi connectivity index (χ1) is 14.9. The highest BCUT2D eigenvalue weighted by molar-refractivity contribution is 6.46. The van der Waals surface area contributed by atoms with E-state index < -0.39 is 28.4 Å². The molecule has 31 heavy (non-hydrogen) atoms. The maximum Gasteiger partial charge on any atom is 0.295 e. The summed E-state index contributed by atoms with van der Waals surface area (Å²) >= 11 is 6.00. The Morgan fingerprint density at radius 2 is 1.97 bits per heavy atom. The number of hydrogen-bond donors (Lipinski definition) is 1. The summed E-state index contributed by atoms with van der Waals surface area (Å²) in [6, 6.07) is 11.1. The quantitative estimate of drug-likeness (QED) is 0.247. The third kappa shape index (κ3) is 4.04. The molecule has 0 spiro atoms. The summed E-state index contributed by atoms with van der Waals surface area (Å²) in [5.74, 6) is -2.05. The number of carbonyl (C=O) groups is 2.